The van der Waals surface area contributed by atoms with E-state index in [1.807, 2.05) is 0 Å². The Labute approximate surface area is 233 Å². The van der Waals surface area contributed by atoms with Gasteiger partial charge in [-0.25, -0.2) is 0 Å². The van der Waals surface area contributed by atoms with Crippen molar-refractivity contribution in [1.82, 2.24) is 0 Å². The minimum atomic E-state index is -0.120. The van der Waals surface area contributed by atoms with Crippen molar-refractivity contribution in [3.63, 3.8) is 0 Å². The van der Waals surface area contributed by atoms with E-state index in [1.54, 1.807) is 5.57 Å². The van der Waals surface area contributed by atoms with Crippen molar-refractivity contribution in [3.8, 4) is 0 Å². The molecule has 0 bridgehead atoms. The fraction of sp³-hybridized carbons (Fsp3) is 0.912. The molecule has 4 N–H and O–H groups in total. The predicted octanol–water partition coefficient (Wildman–Crippen LogP) is 7.39. The van der Waals surface area contributed by atoms with Crippen LogP contribution in [-0.4, -0.2) is 24.2 Å². The molecular formula is C34H58N2O2. The summed E-state index contributed by atoms with van der Waals surface area (Å²) in [6.45, 7) is 12.6. The summed E-state index contributed by atoms with van der Waals surface area (Å²) in [5.74, 6) is 4.98. The molecule has 5 aliphatic rings. The third-order valence-corrected chi connectivity index (χ3v) is 12.7. The first-order valence-corrected chi connectivity index (χ1v) is 16.4. The quantitative estimate of drug-likeness (QED) is 0.268. The van der Waals surface area contributed by atoms with E-state index >= 15 is 0 Å². The summed E-state index contributed by atoms with van der Waals surface area (Å²) in [5.41, 5.74) is 14.7. The summed E-state index contributed by atoms with van der Waals surface area (Å²) in [6.07, 6.45) is 19.2. The van der Waals surface area contributed by atoms with Gasteiger partial charge in [0.1, 0.15) is 6.10 Å². The third-order valence-electron chi connectivity index (χ3n) is 12.7. The number of allylic oxidation sites excluding steroid dienone is 1. The second-order valence-corrected chi connectivity index (χ2v) is 15.5. The van der Waals surface area contributed by atoms with E-state index < -0.39 is 0 Å². The van der Waals surface area contributed by atoms with Crippen molar-refractivity contribution >= 4 is 5.97 Å². The van der Waals surface area contributed by atoms with Crippen molar-refractivity contribution < 1.29 is 9.53 Å². The van der Waals surface area contributed by atoms with Gasteiger partial charge in [-0.1, -0.05) is 65.5 Å². The Bertz CT molecular complexity index is 874. The minimum Gasteiger partial charge on any atom is -0.462 e. The zero-order valence-electron chi connectivity index (χ0n) is 25.2. The van der Waals surface area contributed by atoms with Gasteiger partial charge in [-0.15, -0.1) is 0 Å². The Kier molecular flexibility index (Phi) is 8.44. The second-order valence-electron chi connectivity index (χ2n) is 15.5. The van der Waals surface area contributed by atoms with Crippen molar-refractivity contribution in [1.29, 1.82) is 0 Å². The number of carbonyl (C=O) groups is 1. The summed E-state index contributed by atoms with van der Waals surface area (Å²) in [6, 6.07) is 0.0539. The number of fused-ring (bicyclic) bond motifs is 5. The first-order chi connectivity index (χ1) is 18.0. The minimum absolute atomic E-state index is 0.0270. The van der Waals surface area contributed by atoms with Crippen molar-refractivity contribution in [3.05, 3.63) is 11.6 Å². The Morgan fingerprint density at radius 2 is 1.71 bits per heavy atom. The second kappa shape index (κ2) is 11.2. The zero-order valence-corrected chi connectivity index (χ0v) is 25.2. The number of rotatable bonds is 7. The predicted molar refractivity (Wildman–Crippen MR) is 156 cm³/mol. The molecule has 0 aromatic carbocycles. The summed E-state index contributed by atoms with van der Waals surface area (Å²) >= 11 is 0. The fourth-order valence-corrected chi connectivity index (χ4v) is 10.6. The molecule has 216 valence electrons. The highest BCUT2D eigenvalue weighted by Gasteiger charge is 2.59. The monoisotopic (exact) mass is 526 g/mol. The highest BCUT2D eigenvalue weighted by Crippen LogP contribution is 2.67. The van der Waals surface area contributed by atoms with E-state index in [9.17, 15) is 4.79 Å². The molecule has 5 rings (SSSR count). The topological polar surface area (TPSA) is 78.3 Å². The smallest absolute Gasteiger partial charge is 0.309 e. The molecule has 38 heavy (non-hydrogen) atoms. The van der Waals surface area contributed by atoms with E-state index in [2.05, 4.69) is 40.7 Å². The molecule has 10 atom stereocenters. The summed E-state index contributed by atoms with van der Waals surface area (Å²) in [7, 11) is 0. The summed E-state index contributed by atoms with van der Waals surface area (Å²) in [4.78, 5) is 13.0. The summed E-state index contributed by atoms with van der Waals surface area (Å²) in [5, 5.41) is 0. The van der Waals surface area contributed by atoms with Gasteiger partial charge < -0.3 is 16.2 Å². The van der Waals surface area contributed by atoms with Gasteiger partial charge in [0, 0.05) is 18.5 Å². The molecule has 0 aliphatic heterocycles. The van der Waals surface area contributed by atoms with Gasteiger partial charge in [0.2, 0.25) is 0 Å². The molecule has 0 spiro atoms. The molecule has 9 unspecified atom stereocenters. The Hall–Kier alpha value is -0.870. The van der Waals surface area contributed by atoms with Crippen LogP contribution in [0.3, 0.4) is 0 Å². The number of hydrogen-bond donors (Lipinski definition) is 2. The van der Waals surface area contributed by atoms with Crippen LogP contribution in [0.4, 0.5) is 0 Å². The van der Waals surface area contributed by atoms with Crippen LogP contribution in [0.1, 0.15) is 125 Å². The van der Waals surface area contributed by atoms with Crippen LogP contribution in [0, 0.1) is 52.3 Å². The normalized spacial score (nSPS) is 45.5. The van der Waals surface area contributed by atoms with E-state index in [0.29, 0.717) is 10.8 Å². The number of carbonyl (C=O) groups excluding carboxylic acids is 1. The van der Waals surface area contributed by atoms with Gasteiger partial charge in [-0.3, -0.25) is 4.79 Å². The zero-order chi connectivity index (χ0) is 27.2. The first-order valence-electron chi connectivity index (χ1n) is 16.4. The van der Waals surface area contributed by atoms with Gasteiger partial charge in [0.15, 0.2) is 0 Å². The Morgan fingerprint density at radius 1 is 0.974 bits per heavy atom. The van der Waals surface area contributed by atoms with E-state index in [4.69, 9.17) is 16.2 Å². The van der Waals surface area contributed by atoms with Gasteiger partial charge in [-0.2, -0.15) is 0 Å². The van der Waals surface area contributed by atoms with Crippen LogP contribution in [0.5, 0.6) is 0 Å². The maximum absolute atomic E-state index is 13.0. The average molecular weight is 527 g/mol. The Balaban J connectivity index is 1.22. The molecule has 0 amide bonds. The number of nitrogens with two attached hydrogens (primary N) is 2. The van der Waals surface area contributed by atoms with Crippen LogP contribution < -0.4 is 11.5 Å². The lowest BCUT2D eigenvalue weighted by atomic mass is 9.47. The SMILES string of the molecule is CC(C)CCCC(C)C1CCC2C3CC=C4CC(OC(=O)C5CC(N)CC(N)C5)CC[C@]4(C)C3CCC12C. The van der Waals surface area contributed by atoms with Crippen LogP contribution in [-0.2, 0) is 9.53 Å². The number of hydrogen-bond acceptors (Lipinski definition) is 4. The van der Waals surface area contributed by atoms with Crippen molar-refractivity contribution in [2.75, 3.05) is 0 Å². The molecule has 5 aliphatic carbocycles. The van der Waals surface area contributed by atoms with Crippen LogP contribution in [0.2, 0.25) is 0 Å². The largest absolute Gasteiger partial charge is 0.462 e. The van der Waals surface area contributed by atoms with Crippen LogP contribution in [0.25, 0.3) is 0 Å². The molecular weight excluding hydrogens is 468 g/mol. The molecule has 4 fully saturated rings. The number of ether oxygens (including phenoxy) is 1. The average Bonchev–Trinajstić information content (AvgIpc) is 3.20. The molecule has 4 heteroatoms. The van der Waals surface area contributed by atoms with Gasteiger partial charge in [0.25, 0.3) is 0 Å². The highest BCUT2D eigenvalue weighted by atomic mass is 16.5. The lowest BCUT2D eigenvalue weighted by molar-refractivity contribution is -0.158. The Morgan fingerprint density at radius 3 is 2.42 bits per heavy atom. The van der Waals surface area contributed by atoms with Crippen molar-refractivity contribution in [2.24, 2.45) is 63.7 Å². The summed E-state index contributed by atoms with van der Waals surface area (Å²) < 4.78 is 6.14. The van der Waals surface area contributed by atoms with Gasteiger partial charge in [0.05, 0.1) is 5.92 Å². The van der Waals surface area contributed by atoms with E-state index in [1.165, 1.54) is 57.8 Å². The maximum atomic E-state index is 13.0. The maximum Gasteiger partial charge on any atom is 0.309 e. The standard InChI is InChI=1S/C34H58N2O2/c1-21(2)7-6-8-22(3)29-11-12-30-28-10-9-24-19-27(38-32(37)23-17-25(35)20-26(36)18-23)13-15-33(24,4)31(28)14-16-34(29,30)5/h9,21-23,25-31H,6-8,10-20,35-36H2,1-5H3/t22?,23?,25?,26?,27?,28?,29?,30?,31?,33-,34?/m0/s1. The molecule has 0 aromatic heterocycles. The van der Waals surface area contributed by atoms with E-state index in [0.717, 1.165) is 67.6 Å². The van der Waals surface area contributed by atoms with Gasteiger partial charge in [-0.05, 0) is 111 Å². The highest BCUT2D eigenvalue weighted by molar-refractivity contribution is 5.73. The third kappa shape index (κ3) is 5.39. The van der Waals surface area contributed by atoms with Crippen LogP contribution >= 0.6 is 0 Å². The molecule has 4 nitrogen and oxygen atoms in total. The van der Waals surface area contributed by atoms with Crippen molar-refractivity contribution in [2.45, 2.75) is 143 Å². The van der Waals surface area contributed by atoms with E-state index in [-0.39, 0.29) is 30.1 Å². The lowest BCUT2D eigenvalue weighted by Gasteiger charge is -2.58. The molecule has 0 heterocycles. The molecule has 0 saturated heterocycles. The lowest BCUT2D eigenvalue weighted by Crippen LogP contribution is -2.51. The molecule has 0 radical (unpaired) electrons. The van der Waals surface area contributed by atoms with Crippen LogP contribution in [0.15, 0.2) is 11.6 Å². The fourth-order valence-electron chi connectivity index (χ4n) is 10.6. The number of esters is 1. The molecule has 0 aromatic rings. The molecule has 4 saturated carbocycles. The first kappa shape index (κ1) is 28.7. The van der Waals surface area contributed by atoms with Gasteiger partial charge >= 0.3 is 5.97 Å².